The zero-order valence-corrected chi connectivity index (χ0v) is 10.9. The molecule has 1 amide bonds. The van der Waals surface area contributed by atoms with E-state index in [0.717, 1.165) is 18.5 Å². The molecule has 0 bridgehead atoms. The molecule has 98 valence electrons. The van der Waals surface area contributed by atoms with E-state index < -0.39 is 5.79 Å². The van der Waals surface area contributed by atoms with Gasteiger partial charge in [0, 0.05) is 31.3 Å². The first kappa shape index (κ1) is 12.1. The predicted molar refractivity (Wildman–Crippen MR) is 66.3 cm³/mol. The lowest BCUT2D eigenvalue weighted by molar-refractivity contribution is -0.187. The zero-order chi connectivity index (χ0) is 12.4. The van der Waals surface area contributed by atoms with Gasteiger partial charge in [0.2, 0.25) is 5.91 Å². The van der Waals surface area contributed by atoms with Gasteiger partial charge in [-0.05, 0) is 0 Å². The summed E-state index contributed by atoms with van der Waals surface area (Å²) >= 11 is 1.52. The van der Waals surface area contributed by atoms with E-state index in [1.807, 2.05) is 10.3 Å². The van der Waals surface area contributed by atoms with Crippen LogP contribution < -0.4 is 0 Å². The maximum Gasteiger partial charge on any atom is 0.228 e. The van der Waals surface area contributed by atoms with Gasteiger partial charge in [0.25, 0.3) is 0 Å². The molecule has 6 heteroatoms. The number of aromatic nitrogens is 1. The minimum atomic E-state index is -0.405. The quantitative estimate of drug-likeness (QED) is 0.804. The van der Waals surface area contributed by atoms with E-state index in [9.17, 15) is 4.79 Å². The van der Waals surface area contributed by atoms with E-state index in [1.54, 1.807) is 5.51 Å². The maximum absolute atomic E-state index is 12.1. The average Bonchev–Trinajstić information content (AvgIpc) is 3.03. The number of hydrogen-bond acceptors (Lipinski definition) is 5. The van der Waals surface area contributed by atoms with Crippen LogP contribution in [0.5, 0.6) is 0 Å². The Morgan fingerprint density at radius 3 is 2.72 bits per heavy atom. The van der Waals surface area contributed by atoms with Crippen LogP contribution >= 0.6 is 11.3 Å². The lowest BCUT2D eigenvalue weighted by Gasteiger charge is -2.37. The summed E-state index contributed by atoms with van der Waals surface area (Å²) < 4.78 is 11.3. The van der Waals surface area contributed by atoms with Gasteiger partial charge in [-0.3, -0.25) is 4.79 Å². The number of amides is 1. The number of hydrogen-bond donors (Lipinski definition) is 0. The minimum absolute atomic E-state index is 0.147. The second-order valence-corrected chi connectivity index (χ2v) is 5.36. The van der Waals surface area contributed by atoms with Gasteiger partial charge in [-0.2, -0.15) is 0 Å². The molecule has 0 aromatic carbocycles. The molecule has 0 radical (unpaired) electrons. The van der Waals surface area contributed by atoms with E-state index >= 15 is 0 Å². The first-order chi connectivity index (χ1) is 8.77. The topological polar surface area (TPSA) is 51.7 Å². The Hall–Kier alpha value is -0.980. The third-order valence-corrected chi connectivity index (χ3v) is 4.14. The van der Waals surface area contributed by atoms with Gasteiger partial charge in [0.15, 0.2) is 5.79 Å². The summed E-state index contributed by atoms with van der Waals surface area (Å²) in [5.41, 5.74) is 2.62. The summed E-state index contributed by atoms with van der Waals surface area (Å²) in [7, 11) is 0. The van der Waals surface area contributed by atoms with Crippen molar-refractivity contribution in [3.05, 3.63) is 16.6 Å². The van der Waals surface area contributed by atoms with Crippen molar-refractivity contribution in [1.82, 2.24) is 9.88 Å². The molecule has 0 saturated carbocycles. The van der Waals surface area contributed by atoms with Crippen LogP contribution in [0.2, 0.25) is 0 Å². The second kappa shape index (κ2) is 4.95. The van der Waals surface area contributed by atoms with Crippen LogP contribution in [-0.4, -0.2) is 47.9 Å². The Balaban J connectivity index is 1.54. The van der Waals surface area contributed by atoms with Crippen molar-refractivity contribution in [3.63, 3.8) is 0 Å². The molecule has 1 aromatic heterocycles. The van der Waals surface area contributed by atoms with Gasteiger partial charge in [-0.1, -0.05) is 0 Å². The summed E-state index contributed by atoms with van der Waals surface area (Å²) in [6.45, 7) is 2.77. The van der Waals surface area contributed by atoms with Crippen LogP contribution in [0.1, 0.15) is 18.5 Å². The Morgan fingerprint density at radius 2 is 2.11 bits per heavy atom. The summed E-state index contributed by atoms with van der Waals surface area (Å²) in [6, 6.07) is 0. The number of nitrogens with zero attached hydrogens (tertiary/aromatic N) is 2. The molecule has 5 nitrogen and oxygen atoms in total. The number of ether oxygens (including phenoxy) is 2. The Labute approximate surface area is 110 Å². The number of carbonyl (C=O) groups excluding carboxylic acids is 1. The predicted octanol–water partition coefficient (Wildman–Crippen LogP) is 1.05. The molecular weight excluding hydrogens is 252 g/mol. The zero-order valence-electron chi connectivity index (χ0n) is 10.1. The summed E-state index contributed by atoms with van der Waals surface area (Å²) in [5.74, 6) is -0.258. The first-order valence-electron chi connectivity index (χ1n) is 6.20. The molecule has 0 N–H and O–H groups in total. The average molecular weight is 268 g/mol. The fourth-order valence-electron chi connectivity index (χ4n) is 2.47. The molecule has 1 aromatic rings. The third-order valence-electron chi connectivity index (χ3n) is 3.51. The molecule has 2 saturated heterocycles. The second-order valence-electron chi connectivity index (χ2n) is 4.64. The molecule has 2 aliphatic heterocycles. The SMILES string of the molecule is O=C(Cc1cscn1)N1CCC2(CC1)OCCO2. The molecule has 3 heterocycles. The molecule has 1 spiro atoms. The molecule has 3 rings (SSSR count). The molecule has 0 unspecified atom stereocenters. The van der Waals surface area contributed by atoms with Crippen LogP contribution in [0.25, 0.3) is 0 Å². The lowest BCUT2D eigenvalue weighted by Crippen LogP contribution is -2.47. The Morgan fingerprint density at radius 1 is 1.39 bits per heavy atom. The lowest BCUT2D eigenvalue weighted by atomic mass is 10.0. The fourth-order valence-corrected chi connectivity index (χ4v) is 3.03. The van der Waals surface area contributed by atoms with Crippen LogP contribution in [0, 0.1) is 0 Å². The molecule has 2 fully saturated rings. The number of piperidine rings is 1. The van der Waals surface area contributed by atoms with Gasteiger partial charge in [0.05, 0.1) is 30.8 Å². The van der Waals surface area contributed by atoms with Crippen LogP contribution in [0.4, 0.5) is 0 Å². The molecule has 0 aliphatic carbocycles. The van der Waals surface area contributed by atoms with Crippen molar-refractivity contribution in [2.75, 3.05) is 26.3 Å². The van der Waals surface area contributed by atoms with Crippen LogP contribution in [-0.2, 0) is 20.7 Å². The van der Waals surface area contributed by atoms with Crippen molar-refractivity contribution in [2.45, 2.75) is 25.0 Å². The van der Waals surface area contributed by atoms with E-state index in [0.29, 0.717) is 32.7 Å². The highest BCUT2D eigenvalue weighted by Crippen LogP contribution is 2.31. The largest absolute Gasteiger partial charge is 0.347 e. The molecule has 2 aliphatic rings. The number of carbonyl (C=O) groups is 1. The highest BCUT2D eigenvalue weighted by Gasteiger charge is 2.40. The highest BCUT2D eigenvalue weighted by atomic mass is 32.1. The summed E-state index contributed by atoms with van der Waals surface area (Å²) in [5, 5.41) is 1.92. The molecule has 0 atom stereocenters. The van der Waals surface area contributed by atoms with Gasteiger partial charge in [-0.25, -0.2) is 4.98 Å². The number of likely N-dealkylation sites (tertiary alicyclic amines) is 1. The normalized spacial score (nSPS) is 22.6. The Kier molecular flexibility index (Phi) is 3.32. The van der Waals surface area contributed by atoms with Crippen molar-refractivity contribution in [2.24, 2.45) is 0 Å². The van der Waals surface area contributed by atoms with Crippen molar-refractivity contribution in [1.29, 1.82) is 0 Å². The van der Waals surface area contributed by atoms with Gasteiger partial charge < -0.3 is 14.4 Å². The minimum Gasteiger partial charge on any atom is -0.347 e. The highest BCUT2D eigenvalue weighted by molar-refractivity contribution is 7.07. The van der Waals surface area contributed by atoms with Crippen molar-refractivity contribution < 1.29 is 14.3 Å². The van der Waals surface area contributed by atoms with E-state index in [1.165, 1.54) is 11.3 Å². The number of thiazole rings is 1. The van der Waals surface area contributed by atoms with Crippen LogP contribution in [0.15, 0.2) is 10.9 Å². The van der Waals surface area contributed by atoms with Crippen LogP contribution in [0.3, 0.4) is 0 Å². The van der Waals surface area contributed by atoms with Gasteiger partial charge in [-0.15, -0.1) is 11.3 Å². The Bertz CT molecular complexity index is 405. The smallest absolute Gasteiger partial charge is 0.228 e. The first-order valence-corrected chi connectivity index (χ1v) is 7.14. The molecule has 18 heavy (non-hydrogen) atoms. The van der Waals surface area contributed by atoms with Crippen molar-refractivity contribution in [3.8, 4) is 0 Å². The van der Waals surface area contributed by atoms with E-state index in [2.05, 4.69) is 4.98 Å². The molecular formula is C12H16N2O3S. The summed E-state index contributed by atoms with van der Waals surface area (Å²) in [4.78, 5) is 18.1. The van der Waals surface area contributed by atoms with E-state index in [-0.39, 0.29) is 5.91 Å². The monoisotopic (exact) mass is 268 g/mol. The maximum atomic E-state index is 12.1. The summed E-state index contributed by atoms with van der Waals surface area (Å²) in [6.07, 6.45) is 1.95. The third kappa shape index (κ3) is 2.41. The van der Waals surface area contributed by atoms with E-state index in [4.69, 9.17) is 9.47 Å². The standard InChI is InChI=1S/C12H16N2O3S/c15-11(7-10-8-18-9-13-10)14-3-1-12(2-4-14)16-5-6-17-12/h8-9H,1-7H2. The van der Waals surface area contributed by atoms with Gasteiger partial charge >= 0.3 is 0 Å². The number of rotatable bonds is 2. The van der Waals surface area contributed by atoms with Crippen molar-refractivity contribution >= 4 is 17.2 Å². The fraction of sp³-hybridized carbons (Fsp3) is 0.667. The van der Waals surface area contributed by atoms with Gasteiger partial charge in [0.1, 0.15) is 0 Å².